The number of ether oxygens (including phenoxy) is 1. The molecule has 2 aliphatic rings. The van der Waals surface area contributed by atoms with Crippen molar-refractivity contribution in [3.8, 4) is 5.75 Å². The maximum absolute atomic E-state index is 12.4. The van der Waals surface area contributed by atoms with Crippen LogP contribution in [0.5, 0.6) is 5.75 Å². The van der Waals surface area contributed by atoms with E-state index in [1.807, 2.05) is 34.1 Å². The summed E-state index contributed by atoms with van der Waals surface area (Å²) in [4.78, 5) is 28.7. The Balaban J connectivity index is 0. The summed E-state index contributed by atoms with van der Waals surface area (Å²) in [5.41, 5.74) is 2.51. The molecular weight excluding hydrogens is 776 g/mol. The van der Waals surface area contributed by atoms with Gasteiger partial charge in [0.2, 0.25) is 0 Å². The Morgan fingerprint density at radius 3 is 1.28 bits per heavy atom. The molecule has 2 atom stereocenters. The number of benzene rings is 2. The quantitative estimate of drug-likeness (QED) is 0.255. The van der Waals surface area contributed by atoms with Gasteiger partial charge >= 0.3 is 0 Å². The van der Waals surface area contributed by atoms with Gasteiger partial charge in [-0.2, -0.15) is 48.7 Å². The number of amides is 2. The fraction of sp³-hybridized carbons (Fsp3) is 0.550. The Morgan fingerprint density at radius 2 is 1.00 bits per heavy atom. The molecule has 2 fully saturated rings. The molecule has 0 aliphatic carbocycles. The fourth-order valence-electron chi connectivity index (χ4n) is 5.14. The molecule has 2 aliphatic heterocycles. The third-order valence-corrected chi connectivity index (χ3v) is 6.83. The molecular formula is C40H65N5O3Y2-4. The second-order valence-corrected chi connectivity index (χ2v) is 15.7. The fourth-order valence-corrected chi connectivity index (χ4v) is 5.14. The third-order valence-electron chi connectivity index (χ3n) is 6.83. The van der Waals surface area contributed by atoms with E-state index in [4.69, 9.17) is 4.74 Å². The molecule has 0 saturated carbocycles. The van der Waals surface area contributed by atoms with E-state index in [-0.39, 0.29) is 88.3 Å². The van der Waals surface area contributed by atoms with Crippen molar-refractivity contribution in [2.24, 2.45) is 0 Å². The molecule has 2 heterocycles. The maximum Gasteiger partial charge on any atom is 0.253 e. The number of hydrogen-bond acceptors (Lipinski definition) is 6. The minimum Gasteiger partial charge on any atom is -0.665 e. The number of nitrogens with zero attached hydrogens (tertiary/aromatic N) is 2. The van der Waals surface area contributed by atoms with E-state index in [2.05, 4.69) is 113 Å². The van der Waals surface area contributed by atoms with Crippen LogP contribution in [-0.2, 0) is 65.4 Å². The Hall–Kier alpha value is -0.892. The number of anilines is 1. The average molecular weight is 842 g/mol. The second-order valence-electron chi connectivity index (χ2n) is 15.7. The Kier molecular flexibility index (Phi) is 25.8. The zero-order chi connectivity index (χ0) is 36.7. The minimum absolute atomic E-state index is 0. The van der Waals surface area contributed by atoms with Crippen LogP contribution in [0.1, 0.15) is 117 Å². The molecule has 2 aromatic carbocycles. The zero-order valence-corrected chi connectivity index (χ0v) is 38.9. The van der Waals surface area contributed by atoms with Crippen LogP contribution in [-0.4, -0.2) is 71.0 Å². The summed E-state index contributed by atoms with van der Waals surface area (Å²) in [5.74, 6) is 3.69. The second kappa shape index (κ2) is 25.2. The molecule has 0 aromatic heterocycles. The van der Waals surface area contributed by atoms with Crippen LogP contribution in [0.15, 0.2) is 48.5 Å². The molecule has 10 heteroatoms. The van der Waals surface area contributed by atoms with Crippen molar-refractivity contribution in [1.82, 2.24) is 20.4 Å². The summed E-state index contributed by atoms with van der Waals surface area (Å²) in [6.45, 7) is 28.6. The topological polar surface area (TPSA) is 85.9 Å². The number of nitrogens with one attached hydrogen (secondary N) is 3. The SMILES string of the molecule is C[C-](C)C.C[C-](C)C.[CH2-]Nc1ccc(C(=O)N2CCC(NC(C)(C)C)C2)cc1.[CH2-]Oc1ccc(C(=O)N2CCC(NC(C)(C)C)C2)cc1.[Y].[Y]. The van der Waals surface area contributed by atoms with Gasteiger partial charge in [0.05, 0.1) is 5.75 Å². The molecule has 2 aromatic rings. The Morgan fingerprint density at radius 1 is 0.680 bits per heavy atom. The van der Waals surface area contributed by atoms with Crippen molar-refractivity contribution in [3.05, 3.63) is 85.7 Å². The van der Waals surface area contributed by atoms with Crippen molar-refractivity contribution >= 4 is 17.5 Å². The smallest absolute Gasteiger partial charge is 0.253 e. The third kappa shape index (κ3) is 22.2. The molecule has 2 unspecified atom stereocenters. The summed E-state index contributed by atoms with van der Waals surface area (Å²) in [6, 6.07) is 15.3. The number of carbonyl (C=O) groups excluding carboxylic acids is 2. The van der Waals surface area contributed by atoms with Crippen molar-refractivity contribution in [2.75, 3.05) is 31.5 Å². The Bertz CT molecular complexity index is 1110. The van der Waals surface area contributed by atoms with Gasteiger partial charge in [-0.25, -0.2) is 0 Å². The summed E-state index contributed by atoms with van der Waals surface area (Å²) < 4.78 is 4.86. The van der Waals surface area contributed by atoms with Crippen LogP contribution in [0, 0.1) is 26.0 Å². The van der Waals surface area contributed by atoms with Crippen LogP contribution in [0.4, 0.5) is 5.69 Å². The first-order valence-corrected chi connectivity index (χ1v) is 17.1. The predicted octanol–water partition coefficient (Wildman–Crippen LogP) is 8.19. The van der Waals surface area contributed by atoms with Gasteiger partial charge in [0.25, 0.3) is 11.8 Å². The van der Waals surface area contributed by atoms with E-state index >= 15 is 0 Å². The standard InChI is InChI=1S/C16H24N3O.C16H23N2O2.2C4H9.2Y/c1-16(2,3)18-14-9-10-19(11-14)15(20)12-5-7-13(17-4)8-6-12;1-16(2,3)17-13-9-10-18(11-13)15(19)12-5-7-14(20-4)8-6-12;2*1-4(2)3;;/h5-8,14,17-18H,4,9-11H2,1-3H3;5-8,13,17H,4,9-11H2,1-3H3;2*1-3H3;;/q4*-1;;. The molecule has 8 nitrogen and oxygen atoms in total. The van der Waals surface area contributed by atoms with Crippen molar-refractivity contribution in [3.63, 3.8) is 0 Å². The van der Waals surface area contributed by atoms with Gasteiger partial charge in [0.1, 0.15) is 0 Å². The van der Waals surface area contributed by atoms with Gasteiger partial charge in [0, 0.05) is 132 Å². The molecule has 278 valence electrons. The van der Waals surface area contributed by atoms with Gasteiger partial charge in [0.15, 0.2) is 0 Å². The van der Waals surface area contributed by atoms with Crippen LogP contribution in [0.2, 0.25) is 0 Å². The van der Waals surface area contributed by atoms with Gasteiger partial charge in [-0.05, 0) is 103 Å². The molecule has 0 bridgehead atoms. The van der Waals surface area contributed by atoms with Crippen LogP contribution < -0.4 is 20.7 Å². The summed E-state index contributed by atoms with van der Waals surface area (Å²) in [5, 5.41) is 9.92. The largest absolute Gasteiger partial charge is 0.665 e. The van der Waals surface area contributed by atoms with Gasteiger partial charge in [-0.15, -0.1) is 0 Å². The number of hydrogen-bond donors (Lipinski definition) is 3. The van der Waals surface area contributed by atoms with E-state index in [1.54, 1.807) is 24.3 Å². The molecule has 2 amide bonds. The molecule has 4 rings (SSSR count). The molecule has 2 saturated heterocycles. The van der Waals surface area contributed by atoms with Crippen LogP contribution in [0.25, 0.3) is 0 Å². The Labute approximate surface area is 356 Å². The molecule has 0 spiro atoms. The maximum atomic E-state index is 12.4. The van der Waals surface area contributed by atoms with E-state index in [9.17, 15) is 9.59 Å². The van der Waals surface area contributed by atoms with Gasteiger partial charge in [-0.3, -0.25) is 16.6 Å². The van der Waals surface area contributed by atoms with Crippen molar-refractivity contribution in [1.29, 1.82) is 0 Å². The predicted molar refractivity (Wildman–Crippen MR) is 203 cm³/mol. The van der Waals surface area contributed by atoms with Crippen molar-refractivity contribution in [2.45, 2.75) is 119 Å². The first-order valence-electron chi connectivity index (χ1n) is 17.1. The summed E-state index contributed by atoms with van der Waals surface area (Å²) in [6.07, 6.45) is 2.02. The summed E-state index contributed by atoms with van der Waals surface area (Å²) in [7, 11) is 6.95. The zero-order valence-electron chi connectivity index (χ0n) is 33.2. The molecule has 3 N–H and O–H groups in total. The first-order chi connectivity index (χ1) is 22.2. The minimum atomic E-state index is 0. The normalized spacial score (nSPS) is 16.8. The molecule has 2 radical (unpaired) electrons. The van der Waals surface area contributed by atoms with Gasteiger partial charge < -0.3 is 42.3 Å². The van der Waals surface area contributed by atoms with Gasteiger partial charge in [-0.1, -0.05) is 0 Å². The molecule has 50 heavy (non-hydrogen) atoms. The van der Waals surface area contributed by atoms with E-state index < -0.39 is 0 Å². The number of rotatable bonds is 6. The monoisotopic (exact) mass is 841 g/mol. The van der Waals surface area contributed by atoms with E-state index in [1.165, 1.54) is 11.8 Å². The van der Waals surface area contributed by atoms with E-state index in [0.29, 0.717) is 23.4 Å². The van der Waals surface area contributed by atoms with Crippen LogP contribution in [0.3, 0.4) is 0 Å². The van der Waals surface area contributed by atoms with Crippen LogP contribution >= 0.6 is 0 Å². The first kappa shape index (κ1) is 51.2. The average Bonchev–Trinajstić information content (AvgIpc) is 3.64. The number of likely N-dealkylation sites (tertiary alicyclic amines) is 2. The van der Waals surface area contributed by atoms with E-state index in [0.717, 1.165) is 50.3 Å². The van der Waals surface area contributed by atoms with Crippen molar-refractivity contribution < 1.29 is 79.7 Å². The summed E-state index contributed by atoms with van der Waals surface area (Å²) >= 11 is 0. The number of carbonyl (C=O) groups is 2.